The van der Waals surface area contributed by atoms with E-state index in [-0.39, 0.29) is 0 Å². The third-order valence-electron chi connectivity index (χ3n) is 1.42. The molecule has 0 aliphatic rings. The van der Waals surface area contributed by atoms with Crippen molar-refractivity contribution in [3.63, 3.8) is 0 Å². The zero-order valence-electron chi connectivity index (χ0n) is 8.07. The van der Waals surface area contributed by atoms with Crippen LogP contribution in [-0.2, 0) is 4.74 Å². The first-order valence-electron chi connectivity index (χ1n) is 4.27. The summed E-state index contributed by atoms with van der Waals surface area (Å²) in [6, 6.07) is 10.4. The first kappa shape index (κ1) is 11.1. The van der Waals surface area contributed by atoms with E-state index in [4.69, 9.17) is 4.74 Å². The van der Waals surface area contributed by atoms with Crippen LogP contribution < -0.4 is 4.46 Å². The van der Waals surface area contributed by atoms with E-state index < -0.39 is 0 Å². The van der Waals surface area contributed by atoms with E-state index in [2.05, 4.69) is 41.1 Å². The third kappa shape index (κ3) is 4.89. The van der Waals surface area contributed by atoms with Crippen molar-refractivity contribution in [2.75, 3.05) is 13.7 Å². The van der Waals surface area contributed by atoms with Gasteiger partial charge < -0.3 is 0 Å². The van der Waals surface area contributed by atoms with E-state index in [9.17, 15) is 0 Å². The van der Waals surface area contributed by atoms with Crippen LogP contribution in [0.2, 0.25) is 0 Å². The minimum absolute atomic E-state index is 0.392. The number of hydrogen-bond donors (Lipinski definition) is 0. The number of hydrogen-bond acceptors (Lipinski definition) is 1. The van der Waals surface area contributed by atoms with Crippen LogP contribution in [0.1, 0.15) is 0 Å². The summed E-state index contributed by atoms with van der Waals surface area (Å²) in [7, 11) is 1.65. The molecule has 0 aliphatic heterocycles. The average Bonchev–Trinajstić information content (AvgIpc) is 2.25. The van der Waals surface area contributed by atoms with Gasteiger partial charge in [-0.25, -0.2) is 0 Å². The van der Waals surface area contributed by atoms with Gasteiger partial charge in [0.2, 0.25) is 0 Å². The van der Waals surface area contributed by atoms with Gasteiger partial charge in [0.15, 0.2) is 0 Å². The molecule has 1 rings (SSSR count). The van der Waals surface area contributed by atoms with Gasteiger partial charge in [0, 0.05) is 0 Å². The maximum absolute atomic E-state index is 4.80. The van der Waals surface area contributed by atoms with Gasteiger partial charge in [-0.3, -0.25) is 0 Å². The fourth-order valence-corrected chi connectivity index (χ4v) is 2.09. The summed E-state index contributed by atoms with van der Waals surface area (Å²) >= 11 is 0.392. The van der Waals surface area contributed by atoms with E-state index in [0.717, 1.165) is 0 Å². The van der Waals surface area contributed by atoms with Crippen LogP contribution >= 0.6 is 0 Å². The molecule has 0 spiro atoms. The molecule has 14 heavy (non-hydrogen) atoms. The average molecular weight is 251 g/mol. The van der Waals surface area contributed by atoms with Crippen LogP contribution in [0.15, 0.2) is 41.4 Å². The molecule has 1 aromatic rings. The number of rotatable bonds is 3. The molecule has 0 amide bonds. The Bertz CT molecular complexity index is 332. The molecule has 1 nitrogen and oxygen atoms in total. The first-order valence-corrected chi connectivity index (χ1v) is 6.12. The Kier molecular flexibility index (Phi) is 5.86. The van der Waals surface area contributed by atoms with E-state index in [1.54, 1.807) is 7.11 Å². The molecule has 0 fully saturated rings. The molecule has 0 radical (unpaired) electrons. The van der Waals surface area contributed by atoms with Crippen LogP contribution in [0.5, 0.6) is 0 Å². The van der Waals surface area contributed by atoms with Crippen LogP contribution in [0.4, 0.5) is 0 Å². The molecule has 0 aliphatic carbocycles. The fraction of sp³-hybridized carbons (Fsp3) is 0.167. The van der Waals surface area contributed by atoms with Crippen molar-refractivity contribution in [3.8, 4) is 11.8 Å². The summed E-state index contributed by atoms with van der Waals surface area (Å²) in [6.45, 7) is 0.503. The van der Waals surface area contributed by atoms with Crippen molar-refractivity contribution in [1.82, 2.24) is 0 Å². The van der Waals surface area contributed by atoms with Crippen LogP contribution in [0.25, 0.3) is 0 Å². The molecule has 0 atom stereocenters. The van der Waals surface area contributed by atoms with E-state index in [0.29, 0.717) is 21.6 Å². The van der Waals surface area contributed by atoms with Crippen molar-refractivity contribution in [1.29, 1.82) is 0 Å². The molecule has 2 heteroatoms. The van der Waals surface area contributed by atoms with Gasteiger partial charge >= 0.3 is 91.1 Å². The van der Waals surface area contributed by atoms with Gasteiger partial charge in [0.05, 0.1) is 0 Å². The van der Waals surface area contributed by atoms with Crippen molar-refractivity contribution < 1.29 is 4.74 Å². The van der Waals surface area contributed by atoms with Crippen LogP contribution in [0.3, 0.4) is 0 Å². The number of allylic oxidation sites excluding steroid dienone is 1. The predicted octanol–water partition coefficient (Wildman–Crippen LogP) is 1.18. The SMILES string of the molecule is COCC#C/C=C/[Se]c1ccccc1. The Morgan fingerprint density at radius 2 is 2.14 bits per heavy atom. The normalized spacial score (nSPS) is 9.79. The number of methoxy groups -OCH3 is 1. The van der Waals surface area contributed by atoms with Gasteiger partial charge in [-0.2, -0.15) is 0 Å². The van der Waals surface area contributed by atoms with Crippen molar-refractivity contribution >= 4 is 19.4 Å². The Labute approximate surface area is 91.3 Å². The monoisotopic (exact) mass is 252 g/mol. The summed E-state index contributed by atoms with van der Waals surface area (Å²) in [5.74, 6) is 5.79. The van der Waals surface area contributed by atoms with E-state index in [1.807, 2.05) is 12.1 Å². The molecular weight excluding hydrogens is 239 g/mol. The zero-order chi connectivity index (χ0) is 10.1. The van der Waals surface area contributed by atoms with Gasteiger partial charge in [0.1, 0.15) is 0 Å². The second-order valence-corrected chi connectivity index (χ2v) is 4.54. The Morgan fingerprint density at radius 3 is 2.86 bits per heavy atom. The predicted molar refractivity (Wildman–Crippen MR) is 60.6 cm³/mol. The molecule has 0 unspecified atom stereocenters. The van der Waals surface area contributed by atoms with Crippen molar-refractivity contribution in [3.05, 3.63) is 41.4 Å². The molecular formula is C12H12OSe. The molecule has 0 bridgehead atoms. The molecule has 0 saturated heterocycles. The third-order valence-corrected chi connectivity index (χ3v) is 3.13. The second-order valence-electron chi connectivity index (χ2n) is 2.49. The zero-order valence-corrected chi connectivity index (χ0v) is 9.78. The summed E-state index contributed by atoms with van der Waals surface area (Å²) in [6.07, 6.45) is 1.89. The fourth-order valence-electron chi connectivity index (χ4n) is 0.818. The molecule has 0 heterocycles. The molecule has 0 N–H and O–H groups in total. The van der Waals surface area contributed by atoms with Gasteiger partial charge in [-0.05, 0) is 0 Å². The van der Waals surface area contributed by atoms with Gasteiger partial charge in [0.25, 0.3) is 0 Å². The van der Waals surface area contributed by atoms with E-state index in [1.165, 1.54) is 4.46 Å². The Hall–Kier alpha value is -1.00. The molecule has 72 valence electrons. The standard InChI is InChI=1S/C12H12OSe/c1-13-10-6-3-7-11-14-12-8-4-2-5-9-12/h2,4-5,7-9,11H,10H2,1H3/b11-7+. The Morgan fingerprint density at radius 1 is 1.36 bits per heavy atom. The molecule has 0 saturated carbocycles. The van der Waals surface area contributed by atoms with Gasteiger partial charge in [-0.15, -0.1) is 0 Å². The minimum atomic E-state index is 0.392. The van der Waals surface area contributed by atoms with E-state index >= 15 is 0 Å². The summed E-state index contributed by atoms with van der Waals surface area (Å²) in [4.78, 5) is 2.12. The summed E-state index contributed by atoms with van der Waals surface area (Å²) in [5.41, 5.74) is 0. The topological polar surface area (TPSA) is 9.23 Å². The molecule has 0 aromatic heterocycles. The quantitative estimate of drug-likeness (QED) is 0.579. The van der Waals surface area contributed by atoms with Crippen LogP contribution in [-0.4, -0.2) is 28.7 Å². The van der Waals surface area contributed by atoms with Gasteiger partial charge in [-0.1, -0.05) is 0 Å². The first-order chi connectivity index (χ1) is 6.93. The Balaban J connectivity index is 2.31. The van der Waals surface area contributed by atoms with Crippen molar-refractivity contribution in [2.24, 2.45) is 0 Å². The molecule has 1 aromatic carbocycles. The number of benzene rings is 1. The second kappa shape index (κ2) is 7.41. The number of ether oxygens (including phenoxy) is 1. The van der Waals surface area contributed by atoms with Crippen LogP contribution in [0, 0.1) is 11.8 Å². The summed E-state index contributed by atoms with van der Waals surface area (Å²) < 4.78 is 6.17. The maximum atomic E-state index is 4.80. The van der Waals surface area contributed by atoms with Crippen molar-refractivity contribution in [2.45, 2.75) is 0 Å². The summed E-state index contributed by atoms with van der Waals surface area (Å²) in [5, 5.41) is 0.